The molecule has 1 rings (SSSR count). The van der Waals surface area contributed by atoms with Crippen molar-refractivity contribution in [3.05, 3.63) is 41.6 Å². The first-order valence-electron chi connectivity index (χ1n) is 5.48. The van der Waals surface area contributed by atoms with E-state index in [1.165, 1.54) is 31.4 Å². The van der Waals surface area contributed by atoms with Gasteiger partial charge >= 0.3 is 41.5 Å². The maximum absolute atomic E-state index is 11.2. The summed E-state index contributed by atoms with van der Waals surface area (Å²) in [6.45, 7) is 1.56. The summed E-state index contributed by atoms with van der Waals surface area (Å²) in [7, 11) is 1.24. The summed E-state index contributed by atoms with van der Waals surface area (Å²) < 4.78 is 4.45. The number of ether oxygens (including phenoxy) is 1. The van der Waals surface area contributed by atoms with E-state index in [9.17, 15) is 9.59 Å². The molecule has 0 spiro atoms. The molecule has 0 aliphatic rings. The van der Waals surface area contributed by atoms with Crippen LogP contribution >= 0.6 is 0 Å². The Bertz CT molecular complexity index is 504. The molecule has 0 bridgehead atoms. The number of carboxylic acids is 1. The van der Waals surface area contributed by atoms with Gasteiger partial charge in [-0.25, -0.2) is 9.59 Å². The number of aliphatic carboxylic acids is 1. The third kappa shape index (κ3) is 5.64. The van der Waals surface area contributed by atoms with Gasteiger partial charge in [0.2, 0.25) is 0 Å². The molecular formula is C13H16NNaO5. The fourth-order valence-electron chi connectivity index (χ4n) is 1.46. The van der Waals surface area contributed by atoms with Crippen LogP contribution in [-0.2, 0) is 14.3 Å². The van der Waals surface area contributed by atoms with E-state index in [1.807, 2.05) is 0 Å². The number of carboxylic acid groups (broad SMARTS) is 1. The second kappa shape index (κ2) is 8.63. The van der Waals surface area contributed by atoms with E-state index >= 15 is 0 Å². The number of allylic oxidation sites excluding steroid dienone is 1. The summed E-state index contributed by atoms with van der Waals surface area (Å²) in [6.07, 6.45) is 1.16. The summed E-state index contributed by atoms with van der Waals surface area (Å²) in [5.41, 5.74) is 0.829. The molecule has 20 heavy (non-hydrogen) atoms. The van der Waals surface area contributed by atoms with Crippen LogP contribution in [0, 0.1) is 0 Å². The fourth-order valence-corrected chi connectivity index (χ4v) is 1.46. The standard InChI is InChI=1S/C13H15NO5.Na.H/c1-8(7-11(16)19-2)14-12(13(17)18)9-3-5-10(15)6-4-9;;/h3-7,12,14-15H,1-2H3,(H,17,18);;/q;+1;-1/b8-7-;;. The van der Waals surface area contributed by atoms with Gasteiger partial charge in [0.1, 0.15) is 11.8 Å². The zero-order valence-corrected chi connectivity index (χ0v) is 13.6. The van der Waals surface area contributed by atoms with Gasteiger partial charge in [-0.15, -0.1) is 0 Å². The van der Waals surface area contributed by atoms with Crippen LogP contribution in [0.4, 0.5) is 0 Å². The van der Waals surface area contributed by atoms with Gasteiger partial charge in [0.05, 0.1) is 7.11 Å². The molecule has 7 heteroatoms. The van der Waals surface area contributed by atoms with Gasteiger partial charge in [-0.05, 0) is 24.6 Å². The molecule has 1 unspecified atom stereocenters. The van der Waals surface area contributed by atoms with Gasteiger partial charge in [0, 0.05) is 11.8 Å². The minimum Gasteiger partial charge on any atom is -1.00 e. The molecule has 3 N–H and O–H groups in total. The molecule has 0 aliphatic heterocycles. The number of hydrogen-bond donors (Lipinski definition) is 3. The first-order chi connectivity index (χ1) is 8.93. The summed E-state index contributed by atoms with van der Waals surface area (Å²) >= 11 is 0. The molecule has 0 fully saturated rings. The van der Waals surface area contributed by atoms with Gasteiger partial charge in [0.25, 0.3) is 0 Å². The maximum atomic E-state index is 11.2. The number of aromatic hydroxyl groups is 1. The van der Waals surface area contributed by atoms with E-state index < -0.39 is 18.0 Å². The monoisotopic (exact) mass is 289 g/mol. The smallest absolute Gasteiger partial charge is 1.00 e. The predicted molar refractivity (Wildman–Crippen MR) is 68.5 cm³/mol. The van der Waals surface area contributed by atoms with Gasteiger partial charge in [-0.2, -0.15) is 0 Å². The van der Waals surface area contributed by atoms with Crippen LogP contribution in [0.15, 0.2) is 36.0 Å². The van der Waals surface area contributed by atoms with E-state index in [0.29, 0.717) is 11.3 Å². The van der Waals surface area contributed by atoms with Crippen LogP contribution < -0.4 is 34.9 Å². The van der Waals surface area contributed by atoms with E-state index in [2.05, 4.69) is 10.1 Å². The van der Waals surface area contributed by atoms with E-state index in [0.717, 1.165) is 6.08 Å². The molecule has 1 aromatic carbocycles. The van der Waals surface area contributed by atoms with Crippen molar-refractivity contribution in [3.8, 4) is 5.75 Å². The minimum absolute atomic E-state index is 0. The zero-order chi connectivity index (χ0) is 14.4. The largest absolute Gasteiger partial charge is 1.00 e. The van der Waals surface area contributed by atoms with Crippen molar-refractivity contribution in [2.75, 3.05) is 7.11 Å². The van der Waals surface area contributed by atoms with Crippen molar-refractivity contribution in [2.24, 2.45) is 0 Å². The molecule has 0 amide bonds. The SMILES string of the molecule is COC(=O)/C=C(/C)NC(C(=O)O)c1ccc(O)cc1.[H-].[Na+]. The van der Waals surface area contributed by atoms with Crippen molar-refractivity contribution in [2.45, 2.75) is 13.0 Å². The molecule has 0 saturated carbocycles. The Labute approximate surface area is 140 Å². The Kier molecular flexibility index (Phi) is 7.98. The molecule has 6 nitrogen and oxygen atoms in total. The number of rotatable bonds is 5. The van der Waals surface area contributed by atoms with Crippen molar-refractivity contribution in [1.29, 1.82) is 0 Å². The molecule has 104 valence electrons. The number of nitrogens with one attached hydrogen (secondary N) is 1. The molecule has 0 saturated heterocycles. The third-order valence-corrected chi connectivity index (χ3v) is 2.38. The van der Waals surface area contributed by atoms with Crippen LogP contribution in [-0.4, -0.2) is 29.3 Å². The number of methoxy groups -OCH3 is 1. The van der Waals surface area contributed by atoms with Crippen LogP contribution in [0.2, 0.25) is 0 Å². The normalized spacial score (nSPS) is 12.0. The average Bonchev–Trinajstić information content (AvgIpc) is 2.36. The summed E-state index contributed by atoms with van der Waals surface area (Å²) in [5.74, 6) is -1.61. The second-order valence-corrected chi connectivity index (χ2v) is 3.86. The van der Waals surface area contributed by atoms with Gasteiger partial charge < -0.3 is 21.7 Å². The maximum Gasteiger partial charge on any atom is 1.00 e. The second-order valence-electron chi connectivity index (χ2n) is 3.86. The number of phenols is 1. The van der Waals surface area contributed by atoms with E-state index in [-0.39, 0.29) is 36.7 Å². The van der Waals surface area contributed by atoms with Gasteiger partial charge in [-0.3, -0.25) is 0 Å². The first kappa shape index (κ1) is 18.5. The Morgan fingerprint density at radius 1 is 1.35 bits per heavy atom. The van der Waals surface area contributed by atoms with Gasteiger partial charge in [-0.1, -0.05) is 12.1 Å². The van der Waals surface area contributed by atoms with Crippen LogP contribution in [0.5, 0.6) is 5.75 Å². The van der Waals surface area contributed by atoms with Crippen LogP contribution in [0.1, 0.15) is 20.0 Å². The first-order valence-corrected chi connectivity index (χ1v) is 5.48. The van der Waals surface area contributed by atoms with Crippen molar-refractivity contribution in [3.63, 3.8) is 0 Å². The molecule has 1 atom stereocenters. The van der Waals surface area contributed by atoms with Crippen molar-refractivity contribution >= 4 is 11.9 Å². The Hall–Kier alpha value is -1.50. The Morgan fingerprint density at radius 3 is 2.35 bits per heavy atom. The number of carbonyl (C=O) groups is 2. The summed E-state index contributed by atoms with van der Waals surface area (Å²) in [4.78, 5) is 22.2. The molecule has 1 aromatic rings. The average molecular weight is 289 g/mol. The Morgan fingerprint density at radius 2 is 1.90 bits per heavy atom. The number of benzene rings is 1. The third-order valence-electron chi connectivity index (χ3n) is 2.38. The predicted octanol–water partition coefficient (Wildman–Crippen LogP) is -1.70. The van der Waals surface area contributed by atoms with E-state index in [4.69, 9.17) is 10.2 Å². The molecule has 0 aliphatic carbocycles. The molecular weight excluding hydrogens is 273 g/mol. The van der Waals surface area contributed by atoms with Gasteiger partial charge in [0.15, 0.2) is 0 Å². The zero-order valence-electron chi connectivity index (χ0n) is 12.6. The number of esters is 1. The number of carbonyl (C=O) groups excluding carboxylic acids is 1. The topological polar surface area (TPSA) is 95.9 Å². The number of hydrogen-bond acceptors (Lipinski definition) is 5. The molecule has 0 aromatic heterocycles. The number of phenolic OH excluding ortho intramolecular Hbond substituents is 1. The minimum atomic E-state index is -1.09. The van der Waals surface area contributed by atoms with Crippen LogP contribution in [0.3, 0.4) is 0 Å². The van der Waals surface area contributed by atoms with E-state index in [1.54, 1.807) is 6.92 Å². The van der Waals surface area contributed by atoms with Crippen molar-refractivity contribution < 1.29 is 55.5 Å². The summed E-state index contributed by atoms with van der Waals surface area (Å²) in [6, 6.07) is 4.76. The quantitative estimate of drug-likeness (QED) is 0.340. The molecule has 0 heterocycles. The van der Waals surface area contributed by atoms with Crippen molar-refractivity contribution in [1.82, 2.24) is 5.32 Å². The summed E-state index contributed by atoms with van der Waals surface area (Å²) in [5, 5.41) is 21.0. The molecule has 0 radical (unpaired) electrons. The fraction of sp³-hybridized carbons (Fsp3) is 0.231. The Balaban J connectivity index is 0. The van der Waals surface area contributed by atoms with Crippen LogP contribution in [0.25, 0.3) is 0 Å².